The number of thiazole rings is 1. The molecule has 1 aliphatic rings. The van der Waals surface area contributed by atoms with Gasteiger partial charge in [0.25, 0.3) is 0 Å². The highest BCUT2D eigenvalue weighted by Gasteiger charge is 2.24. The summed E-state index contributed by atoms with van der Waals surface area (Å²) in [5, 5.41) is 5.34. The molecule has 0 spiro atoms. The van der Waals surface area contributed by atoms with Gasteiger partial charge in [-0.3, -0.25) is 4.90 Å². The molecule has 2 aromatic heterocycles. The van der Waals surface area contributed by atoms with E-state index < -0.39 is 0 Å². The van der Waals surface area contributed by atoms with Crippen LogP contribution in [0.2, 0.25) is 0 Å². The number of aryl methyl sites for hydroxylation is 1. The molecule has 0 saturated carbocycles. The molecule has 0 aliphatic carbocycles. The van der Waals surface area contributed by atoms with Crippen LogP contribution in [0, 0.1) is 6.92 Å². The van der Waals surface area contributed by atoms with Crippen LogP contribution in [0.15, 0.2) is 22.9 Å². The van der Waals surface area contributed by atoms with E-state index in [4.69, 9.17) is 4.74 Å². The van der Waals surface area contributed by atoms with E-state index >= 15 is 0 Å². The first-order valence-corrected chi connectivity index (χ1v) is 7.85. The second-order valence-electron chi connectivity index (χ2n) is 4.50. The monoisotopic (exact) mass is 280 g/mol. The van der Waals surface area contributed by atoms with Crippen molar-refractivity contribution in [1.29, 1.82) is 0 Å². The highest BCUT2D eigenvalue weighted by Crippen LogP contribution is 2.26. The third-order valence-corrected chi connectivity index (χ3v) is 4.94. The van der Waals surface area contributed by atoms with Crippen molar-refractivity contribution in [3.63, 3.8) is 0 Å². The van der Waals surface area contributed by atoms with E-state index in [1.54, 1.807) is 11.3 Å². The first-order chi connectivity index (χ1) is 8.81. The Kier molecular flexibility index (Phi) is 3.75. The van der Waals surface area contributed by atoms with Gasteiger partial charge in [0.05, 0.1) is 6.61 Å². The van der Waals surface area contributed by atoms with Crippen LogP contribution in [0.25, 0.3) is 0 Å². The van der Waals surface area contributed by atoms with Crippen molar-refractivity contribution in [2.75, 3.05) is 19.7 Å². The lowest BCUT2D eigenvalue weighted by Crippen LogP contribution is -2.37. The minimum atomic E-state index is 0.150. The SMILES string of the molecule is Cc1csc(C2CN(Cc3cccs3)CCO2)n1. The van der Waals surface area contributed by atoms with Gasteiger partial charge in [-0.1, -0.05) is 6.07 Å². The van der Waals surface area contributed by atoms with Gasteiger partial charge in [0.1, 0.15) is 11.1 Å². The number of rotatable bonds is 3. The van der Waals surface area contributed by atoms with Crippen molar-refractivity contribution in [3.8, 4) is 0 Å². The Hall–Kier alpha value is -0.750. The van der Waals surface area contributed by atoms with E-state index in [2.05, 4.69) is 32.8 Å². The number of thiophene rings is 1. The Labute approximate surface area is 115 Å². The van der Waals surface area contributed by atoms with Gasteiger partial charge in [0, 0.05) is 35.6 Å². The molecule has 0 bridgehead atoms. The average Bonchev–Trinajstić information content (AvgIpc) is 3.01. The molecule has 1 aliphatic heterocycles. The smallest absolute Gasteiger partial charge is 0.123 e. The molecular weight excluding hydrogens is 264 g/mol. The van der Waals surface area contributed by atoms with Crippen molar-refractivity contribution >= 4 is 22.7 Å². The lowest BCUT2D eigenvalue weighted by Gasteiger charge is -2.31. The first kappa shape index (κ1) is 12.3. The number of hydrogen-bond donors (Lipinski definition) is 0. The van der Waals surface area contributed by atoms with E-state index in [0.717, 1.165) is 36.9 Å². The normalized spacial score (nSPS) is 21.3. The standard InChI is InChI=1S/C13H16N2OS2/c1-10-9-18-13(14-10)12-8-15(4-5-16-12)7-11-3-2-6-17-11/h2-3,6,9,12H,4-5,7-8H2,1H3. The van der Waals surface area contributed by atoms with Gasteiger partial charge >= 0.3 is 0 Å². The highest BCUT2D eigenvalue weighted by molar-refractivity contribution is 7.10. The van der Waals surface area contributed by atoms with Crippen molar-refractivity contribution in [1.82, 2.24) is 9.88 Å². The van der Waals surface area contributed by atoms with Crippen LogP contribution < -0.4 is 0 Å². The molecule has 5 heteroatoms. The third-order valence-electron chi connectivity index (χ3n) is 3.02. The summed E-state index contributed by atoms with van der Waals surface area (Å²) in [7, 11) is 0. The van der Waals surface area contributed by atoms with Gasteiger partial charge < -0.3 is 4.74 Å². The first-order valence-electron chi connectivity index (χ1n) is 6.09. The van der Waals surface area contributed by atoms with Crippen molar-refractivity contribution in [2.45, 2.75) is 19.6 Å². The molecule has 96 valence electrons. The quantitative estimate of drug-likeness (QED) is 0.864. The topological polar surface area (TPSA) is 25.4 Å². The Bertz CT molecular complexity index is 495. The summed E-state index contributed by atoms with van der Waals surface area (Å²) in [5.41, 5.74) is 1.09. The van der Waals surface area contributed by atoms with Crippen LogP contribution >= 0.6 is 22.7 Å². The molecule has 0 aromatic carbocycles. The zero-order chi connectivity index (χ0) is 12.4. The molecular formula is C13H16N2OS2. The molecule has 1 fully saturated rings. The molecule has 3 rings (SSSR count). The van der Waals surface area contributed by atoms with Gasteiger partial charge in [-0.25, -0.2) is 4.98 Å². The van der Waals surface area contributed by atoms with Crippen LogP contribution in [-0.4, -0.2) is 29.6 Å². The average molecular weight is 280 g/mol. The minimum Gasteiger partial charge on any atom is -0.368 e. The lowest BCUT2D eigenvalue weighted by molar-refractivity contribution is -0.0327. The molecule has 1 saturated heterocycles. The largest absolute Gasteiger partial charge is 0.368 e. The molecule has 3 nitrogen and oxygen atoms in total. The zero-order valence-corrected chi connectivity index (χ0v) is 12.0. The van der Waals surface area contributed by atoms with Crippen LogP contribution in [0.4, 0.5) is 0 Å². The number of hydrogen-bond acceptors (Lipinski definition) is 5. The molecule has 3 heterocycles. The van der Waals surface area contributed by atoms with Crippen molar-refractivity contribution in [3.05, 3.63) is 38.5 Å². The minimum absolute atomic E-state index is 0.150. The maximum Gasteiger partial charge on any atom is 0.123 e. The third kappa shape index (κ3) is 2.80. The molecule has 2 aromatic rings. The number of morpholine rings is 1. The van der Waals surface area contributed by atoms with Crippen LogP contribution in [-0.2, 0) is 11.3 Å². The summed E-state index contributed by atoms with van der Waals surface area (Å²) in [6.45, 7) is 5.83. The fourth-order valence-electron chi connectivity index (χ4n) is 2.14. The summed E-state index contributed by atoms with van der Waals surface area (Å²) >= 11 is 3.53. The van der Waals surface area contributed by atoms with Gasteiger partial charge in [0.2, 0.25) is 0 Å². The highest BCUT2D eigenvalue weighted by atomic mass is 32.1. The maximum absolute atomic E-state index is 5.84. The number of ether oxygens (including phenoxy) is 1. The Morgan fingerprint density at radius 2 is 2.44 bits per heavy atom. The van der Waals surface area contributed by atoms with Crippen LogP contribution in [0.5, 0.6) is 0 Å². The van der Waals surface area contributed by atoms with Crippen LogP contribution in [0.1, 0.15) is 21.7 Å². The zero-order valence-electron chi connectivity index (χ0n) is 10.3. The van der Waals surface area contributed by atoms with E-state index in [0.29, 0.717) is 0 Å². The second kappa shape index (κ2) is 5.48. The van der Waals surface area contributed by atoms with E-state index in [-0.39, 0.29) is 6.10 Å². The molecule has 0 radical (unpaired) electrons. The van der Waals surface area contributed by atoms with Crippen LogP contribution in [0.3, 0.4) is 0 Å². The Morgan fingerprint density at radius 3 is 3.17 bits per heavy atom. The number of aromatic nitrogens is 1. The predicted molar refractivity (Wildman–Crippen MR) is 75.1 cm³/mol. The van der Waals surface area contributed by atoms with E-state index in [9.17, 15) is 0 Å². The number of nitrogens with zero attached hydrogens (tertiary/aromatic N) is 2. The lowest BCUT2D eigenvalue weighted by atomic mass is 10.2. The maximum atomic E-state index is 5.84. The second-order valence-corrected chi connectivity index (χ2v) is 6.42. The molecule has 0 amide bonds. The Balaban J connectivity index is 1.65. The summed E-state index contributed by atoms with van der Waals surface area (Å²) in [6, 6.07) is 4.31. The van der Waals surface area contributed by atoms with Crippen molar-refractivity contribution in [2.24, 2.45) is 0 Å². The van der Waals surface area contributed by atoms with Gasteiger partial charge in [0.15, 0.2) is 0 Å². The summed E-state index contributed by atoms with van der Waals surface area (Å²) < 4.78 is 5.84. The summed E-state index contributed by atoms with van der Waals surface area (Å²) in [4.78, 5) is 8.41. The van der Waals surface area contributed by atoms with Gasteiger partial charge in [-0.05, 0) is 18.4 Å². The van der Waals surface area contributed by atoms with E-state index in [1.165, 1.54) is 4.88 Å². The van der Waals surface area contributed by atoms with Gasteiger partial charge in [-0.15, -0.1) is 22.7 Å². The molecule has 1 unspecified atom stereocenters. The molecule has 1 atom stereocenters. The Morgan fingerprint density at radius 1 is 1.50 bits per heavy atom. The van der Waals surface area contributed by atoms with Gasteiger partial charge in [-0.2, -0.15) is 0 Å². The summed E-state index contributed by atoms with van der Waals surface area (Å²) in [6.07, 6.45) is 0.150. The molecule has 0 N–H and O–H groups in total. The molecule has 18 heavy (non-hydrogen) atoms. The fourth-order valence-corrected chi connectivity index (χ4v) is 3.72. The predicted octanol–water partition coefficient (Wildman–Crippen LogP) is 3.09. The van der Waals surface area contributed by atoms with E-state index in [1.807, 2.05) is 18.3 Å². The summed E-state index contributed by atoms with van der Waals surface area (Å²) in [5.74, 6) is 0. The van der Waals surface area contributed by atoms with Crippen molar-refractivity contribution < 1.29 is 4.74 Å². The fraction of sp³-hybridized carbons (Fsp3) is 0.462.